The molecule has 17 heavy (non-hydrogen) atoms. The molecule has 2 aromatic heterocycles. The molecular formula is C8H6F3N5S. The van der Waals surface area contributed by atoms with Crippen molar-refractivity contribution >= 4 is 17.6 Å². The Morgan fingerprint density at radius 2 is 2.06 bits per heavy atom. The van der Waals surface area contributed by atoms with Crippen molar-refractivity contribution in [3.8, 4) is 0 Å². The van der Waals surface area contributed by atoms with Crippen LogP contribution < -0.4 is 5.73 Å². The van der Waals surface area contributed by atoms with E-state index in [1.807, 2.05) is 0 Å². The van der Waals surface area contributed by atoms with Gasteiger partial charge in [0, 0.05) is 0 Å². The summed E-state index contributed by atoms with van der Waals surface area (Å²) in [6.45, 7) is 0. The second-order valence-corrected chi connectivity index (χ2v) is 4.02. The van der Waals surface area contributed by atoms with Crippen molar-refractivity contribution in [1.82, 2.24) is 20.2 Å². The van der Waals surface area contributed by atoms with Gasteiger partial charge in [-0.2, -0.15) is 18.3 Å². The zero-order chi connectivity index (χ0) is 12.5. The second-order valence-electron chi connectivity index (χ2n) is 3.01. The van der Waals surface area contributed by atoms with E-state index in [0.717, 1.165) is 23.9 Å². The minimum absolute atomic E-state index is 0.106. The standard InChI is InChI=1S/C8H6F3N5S/c9-8(10,11)4-1-5(12)15-6(2-4)17-7-13-3-14-16-7/h1-3H,(H2,12,15)(H,13,14,16). The van der Waals surface area contributed by atoms with Crippen LogP contribution in [0.5, 0.6) is 0 Å². The summed E-state index contributed by atoms with van der Waals surface area (Å²) in [4.78, 5) is 7.54. The first-order valence-electron chi connectivity index (χ1n) is 4.33. The minimum Gasteiger partial charge on any atom is -0.384 e. The van der Waals surface area contributed by atoms with Gasteiger partial charge in [0.15, 0.2) is 5.16 Å². The molecule has 0 spiro atoms. The van der Waals surface area contributed by atoms with Crippen LogP contribution in [-0.2, 0) is 6.18 Å². The van der Waals surface area contributed by atoms with E-state index in [1.165, 1.54) is 6.33 Å². The Kier molecular flexibility index (Phi) is 2.92. The number of nitrogens with one attached hydrogen (secondary N) is 1. The molecular weight excluding hydrogens is 255 g/mol. The van der Waals surface area contributed by atoms with Crippen LogP contribution in [-0.4, -0.2) is 20.2 Å². The lowest BCUT2D eigenvalue weighted by Gasteiger charge is -2.08. The number of hydrogen-bond donors (Lipinski definition) is 2. The van der Waals surface area contributed by atoms with Crippen molar-refractivity contribution in [3.05, 3.63) is 24.0 Å². The number of nitrogen functional groups attached to an aromatic ring is 1. The molecule has 0 aliphatic carbocycles. The SMILES string of the molecule is Nc1cc(C(F)(F)F)cc(Sc2ncn[nH]2)n1. The van der Waals surface area contributed by atoms with Gasteiger partial charge >= 0.3 is 6.18 Å². The average Bonchev–Trinajstić information content (AvgIpc) is 2.68. The van der Waals surface area contributed by atoms with E-state index in [1.54, 1.807) is 0 Å². The number of nitrogens with two attached hydrogens (primary N) is 1. The van der Waals surface area contributed by atoms with Gasteiger partial charge in [0.25, 0.3) is 0 Å². The van der Waals surface area contributed by atoms with Crippen LogP contribution in [0.15, 0.2) is 28.6 Å². The number of aromatic amines is 1. The number of aromatic nitrogens is 4. The van der Waals surface area contributed by atoms with Gasteiger partial charge in [0.1, 0.15) is 17.2 Å². The Balaban J connectivity index is 2.32. The van der Waals surface area contributed by atoms with E-state index in [9.17, 15) is 13.2 Å². The maximum Gasteiger partial charge on any atom is 0.416 e. The lowest BCUT2D eigenvalue weighted by molar-refractivity contribution is -0.137. The van der Waals surface area contributed by atoms with Crippen molar-refractivity contribution in [2.75, 3.05) is 5.73 Å². The van der Waals surface area contributed by atoms with Crippen LogP contribution in [0.3, 0.4) is 0 Å². The lowest BCUT2D eigenvalue weighted by atomic mass is 10.2. The first-order chi connectivity index (χ1) is 7.95. The number of rotatable bonds is 2. The Labute approximate surface area is 97.6 Å². The third-order valence-corrected chi connectivity index (χ3v) is 2.55. The molecule has 3 N–H and O–H groups in total. The molecule has 2 rings (SSSR count). The number of H-pyrrole nitrogens is 1. The fourth-order valence-electron chi connectivity index (χ4n) is 1.08. The third-order valence-electron chi connectivity index (χ3n) is 1.74. The molecule has 0 radical (unpaired) electrons. The molecule has 0 aliphatic rings. The maximum absolute atomic E-state index is 12.5. The molecule has 0 bridgehead atoms. The summed E-state index contributed by atoms with van der Waals surface area (Å²) in [5.74, 6) is -0.193. The van der Waals surface area contributed by atoms with Gasteiger partial charge in [-0.05, 0) is 23.9 Å². The normalized spacial score (nSPS) is 11.7. The summed E-state index contributed by atoms with van der Waals surface area (Å²) in [5, 5.41) is 6.53. The maximum atomic E-state index is 12.5. The molecule has 0 atom stereocenters. The molecule has 9 heteroatoms. The largest absolute Gasteiger partial charge is 0.416 e. The fraction of sp³-hybridized carbons (Fsp3) is 0.125. The van der Waals surface area contributed by atoms with Gasteiger partial charge in [-0.3, -0.25) is 5.10 Å². The highest BCUT2D eigenvalue weighted by Crippen LogP contribution is 2.33. The van der Waals surface area contributed by atoms with Crippen molar-refractivity contribution in [3.63, 3.8) is 0 Å². The predicted molar refractivity (Wildman–Crippen MR) is 54.2 cm³/mol. The lowest BCUT2D eigenvalue weighted by Crippen LogP contribution is -2.07. The summed E-state index contributed by atoms with van der Waals surface area (Å²) >= 11 is 0.918. The topological polar surface area (TPSA) is 80.5 Å². The van der Waals surface area contributed by atoms with Gasteiger partial charge in [-0.1, -0.05) is 0 Å². The van der Waals surface area contributed by atoms with Crippen LogP contribution >= 0.6 is 11.8 Å². The third kappa shape index (κ3) is 2.87. The molecule has 0 aromatic carbocycles. The molecule has 0 saturated carbocycles. The summed E-state index contributed by atoms with van der Waals surface area (Å²) in [7, 11) is 0. The summed E-state index contributed by atoms with van der Waals surface area (Å²) in [5.41, 5.74) is 4.47. The Bertz CT molecular complexity index is 510. The Morgan fingerprint density at radius 3 is 2.65 bits per heavy atom. The number of nitrogens with zero attached hydrogens (tertiary/aromatic N) is 3. The van der Waals surface area contributed by atoms with Crippen LogP contribution in [0.25, 0.3) is 0 Å². The van der Waals surface area contributed by atoms with Gasteiger partial charge in [-0.15, -0.1) is 0 Å². The average molecular weight is 261 g/mol. The molecule has 0 unspecified atom stereocenters. The summed E-state index contributed by atoms with van der Waals surface area (Å²) in [6.07, 6.45) is -3.20. The number of halogens is 3. The highest BCUT2D eigenvalue weighted by Gasteiger charge is 2.31. The molecule has 5 nitrogen and oxygen atoms in total. The monoisotopic (exact) mass is 261 g/mol. The van der Waals surface area contributed by atoms with E-state index in [4.69, 9.17) is 5.73 Å². The van der Waals surface area contributed by atoms with E-state index < -0.39 is 11.7 Å². The zero-order valence-corrected chi connectivity index (χ0v) is 9.01. The smallest absolute Gasteiger partial charge is 0.384 e. The van der Waals surface area contributed by atoms with Crippen LogP contribution in [0, 0.1) is 0 Å². The number of pyridine rings is 1. The number of anilines is 1. The fourth-order valence-corrected chi connectivity index (χ4v) is 1.82. The number of alkyl halides is 3. The van der Waals surface area contributed by atoms with Crippen molar-refractivity contribution < 1.29 is 13.2 Å². The number of hydrogen-bond acceptors (Lipinski definition) is 5. The molecule has 0 amide bonds. The highest BCUT2D eigenvalue weighted by atomic mass is 32.2. The Hall–Kier alpha value is -1.77. The summed E-state index contributed by atoms with van der Waals surface area (Å²) in [6, 6.07) is 1.69. The zero-order valence-electron chi connectivity index (χ0n) is 8.19. The highest BCUT2D eigenvalue weighted by molar-refractivity contribution is 7.99. The van der Waals surface area contributed by atoms with Crippen molar-refractivity contribution in [2.45, 2.75) is 16.4 Å². The van der Waals surface area contributed by atoms with Crippen LogP contribution in [0.2, 0.25) is 0 Å². The van der Waals surface area contributed by atoms with E-state index in [0.29, 0.717) is 5.16 Å². The van der Waals surface area contributed by atoms with Crippen LogP contribution in [0.4, 0.5) is 19.0 Å². The van der Waals surface area contributed by atoms with Gasteiger partial charge in [0.2, 0.25) is 0 Å². The minimum atomic E-state index is -4.45. The van der Waals surface area contributed by atoms with Crippen molar-refractivity contribution in [1.29, 1.82) is 0 Å². The van der Waals surface area contributed by atoms with Crippen LogP contribution in [0.1, 0.15) is 5.56 Å². The summed E-state index contributed by atoms with van der Waals surface area (Å²) < 4.78 is 37.5. The van der Waals surface area contributed by atoms with Gasteiger partial charge in [-0.25, -0.2) is 9.97 Å². The molecule has 0 aliphatic heterocycles. The molecule has 2 aromatic rings. The van der Waals surface area contributed by atoms with Crippen molar-refractivity contribution in [2.24, 2.45) is 0 Å². The quantitative estimate of drug-likeness (QED) is 0.863. The molecule has 0 fully saturated rings. The molecule has 2 heterocycles. The predicted octanol–water partition coefficient (Wildman–Crippen LogP) is 1.95. The van der Waals surface area contributed by atoms with E-state index in [2.05, 4.69) is 20.2 Å². The second kappa shape index (κ2) is 4.24. The molecule has 0 saturated heterocycles. The van der Waals surface area contributed by atoms with Gasteiger partial charge in [0.05, 0.1) is 5.56 Å². The Morgan fingerprint density at radius 1 is 1.29 bits per heavy atom. The van der Waals surface area contributed by atoms with Gasteiger partial charge < -0.3 is 5.73 Å². The first kappa shape index (κ1) is 11.7. The molecule has 90 valence electrons. The first-order valence-corrected chi connectivity index (χ1v) is 5.15. The van der Waals surface area contributed by atoms with E-state index >= 15 is 0 Å². The van der Waals surface area contributed by atoms with E-state index in [-0.39, 0.29) is 10.8 Å².